The third-order valence-corrected chi connectivity index (χ3v) is 8.55. The number of carboxylic acid groups (broad SMARTS) is 3. The van der Waals surface area contributed by atoms with Crippen LogP contribution >= 0.6 is 0 Å². The fourth-order valence-electron chi connectivity index (χ4n) is 5.92. The molecule has 2 aromatic rings. The van der Waals surface area contributed by atoms with E-state index in [1.807, 2.05) is 40.1 Å². The summed E-state index contributed by atoms with van der Waals surface area (Å²) in [6.45, 7) is 6.71. The van der Waals surface area contributed by atoms with Gasteiger partial charge in [0.2, 0.25) is 5.91 Å². The number of carboxylic acids is 3. The van der Waals surface area contributed by atoms with Crippen LogP contribution in [0, 0.1) is 0 Å². The Bertz CT molecular complexity index is 1310. The van der Waals surface area contributed by atoms with Gasteiger partial charge in [0.25, 0.3) is 0 Å². The van der Waals surface area contributed by atoms with Gasteiger partial charge in [-0.3, -0.25) is 48.7 Å². The Morgan fingerprint density at radius 1 is 0.638 bits per heavy atom. The average molecular weight is 658 g/mol. The van der Waals surface area contributed by atoms with Crippen LogP contribution in [0.25, 0.3) is 10.9 Å². The first-order chi connectivity index (χ1) is 22.6. The molecule has 2 aliphatic heterocycles. The fraction of sp³-hybridized carbons (Fsp3) is 0.594. The zero-order valence-electron chi connectivity index (χ0n) is 26.9. The lowest BCUT2D eigenvalue weighted by Crippen LogP contribution is -2.53. The van der Waals surface area contributed by atoms with Gasteiger partial charge in [0.15, 0.2) is 0 Å². The van der Waals surface area contributed by atoms with Crippen LogP contribution in [0.15, 0.2) is 36.5 Å². The van der Waals surface area contributed by atoms with E-state index in [1.54, 1.807) is 20.9 Å². The van der Waals surface area contributed by atoms with Crippen LogP contribution in [0.2, 0.25) is 0 Å². The van der Waals surface area contributed by atoms with Gasteiger partial charge in [0.05, 0.1) is 38.3 Å². The smallest absolute Gasteiger partial charge is 0.317 e. The van der Waals surface area contributed by atoms with E-state index in [-0.39, 0.29) is 32.1 Å². The SMILES string of the molecule is O=C(O)CN1CCN(CC(=O)O)CCN(CC(=O)N2CCN(CCCOc3ccc4ncccc4c3)CC2)CCN(CC(=O)O)CC1. The summed E-state index contributed by atoms with van der Waals surface area (Å²) in [6.07, 6.45) is 2.63. The number of ether oxygens (including phenoxy) is 1. The predicted octanol–water partition coefficient (Wildman–Crippen LogP) is -0.377. The third kappa shape index (κ3) is 12.7. The van der Waals surface area contributed by atoms with Crippen LogP contribution < -0.4 is 4.74 Å². The standard InChI is InChI=1S/C32H47N7O8/c40-29(39-18-16-34(17-19-39)7-2-20-47-27-4-5-28-26(21-27)3-1-6-33-28)22-35-8-10-36(23-30(41)42)12-14-38(25-32(45)46)15-13-37(11-9-35)24-31(43)44/h1,3-6,21H,2,7-20,22-25H2,(H,41,42)(H,43,44)(H,45,46). The Kier molecular flexibility index (Phi) is 14.1. The second-order valence-corrected chi connectivity index (χ2v) is 12.1. The monoisotopic (exact) mass is 657 g/mol. The number of pyridine rings is 1. The molecule has 0 saturated carbocycles. The number of piperazine rings is 1. The number of hydrogen-bond acceptors (Lipinski definition) is 11. The molecule has 1 aromatic heterocycles. The van der Waals surface area contributed by atoms with E-state index in [0.29, 0.717) is 72.1 Å². The van der Waals surface area contributed by atoms with Crippen LogP contribution in [0.5, 0.6) is 5.75 Å². The third-order valence-electron chi connectivity index (χ3n) is 8.55. The van der Waals surface area contributed by atoms with E-state index >= 15 is 0 Å². The molecule has 15 nitrogen and oxygen atoms in total. The summed E-state index contributed by atoms with van der Waals surface area (Å²) in [7, 11) is 0. The number of fused-ring (bicyclic) bond motifs is 1. The van der Waals surface area contributed by atoms with Crippen molar-refractivity contribution >= 4 is 34.7 Å². The minimum Gasteiger partial charge on any atom is -0.494 e. The van der Waals surface area contributed by atoms with Gasteiger partial charge < -0.3 is 25.0 Å². The topological polar surface area (TPSA) is 171 Å². The zero-order chi connectivity index (χ0) is 33.6. The van der Waals surface area contributed by atoms with Gasteiger partial charge in [0.1, 0.15) is 5.75 Å². The van der Waals surface area contributed by atoms with E-state index < -0.39 is 17.9 Å². The lowest BCUT2D eigenvalue weighted by molar-refractivity contribution is -0.141. The van der Waals surface area contributed by atoms with Crippen molar-refractivity contribution < 1.29 is 39.2 Å². The highest BCUT2D eigenvalue weighted by atomic mass is 16.5. The van der Waals surface area contributed by atoms with Crippen molar-refractivity contribution in [2.24, 2.45) is 0 Å². The van der Waals surface area contributed by atoms with Crippen LogP contribution in [-0.2, 0) is 19.2 Å². The Morgan fingerprint density at radius 2 is 1.13 bits per heavy atom. The average Bonchev–Trinajstić information content (AvgIpc) is 3.03. The molecule has 4 rings (SSSR count). The summed E-state index contributed by atoms with van der Waals surface area (Å²) in [5, 5.41) is 29.2. The number of hydrogen-bond donors (Lipinski definition) is 3. The van der Waals surface area contributed by atoms with Gasteiger partial charge in [-0.25, -0.2) is 0 Å². The Labute approximate surface area is 274 Å². The molecule has 47 heavy (non-hydrogen) atoms. The normalized spacial score (nSPS) is 18.8. The van der Waals surface area contributed by atoms with Crippen LogP contribution in [0.4, 0.5) is 0 Å². The summed E-state index contributed by atoms with van der Waals surface area (Å²) in [4.78, 5) is 63.5. The van der Waals surface area contributed by atoms with Crippen molar-refractivity contribution in [2.45, 2.75) is 6.42 Å². The van der Waals surface area contributed by atoms with E-state index in [1.165, 1.54) is 0 Å². The van der Waals surface area contributed by atoms with Crippen molar-refractivity contribution in [1.29, 1.82) is 0 Å². The highest BCUT2D eigenvalue weighted by Gasteiger charge is 2.25. The van der Waals surface area contributed by atoms with Crippen LogP contribution in [0.1, 0.15) is 6.42 Å². The highest BCUT2D eigenvalue weighted by Crippen LogP contribution is 2.19. The molecule has 2 saturated heterocycles. The van der Waals surface area contributed by atoms with Gasteiger partial charge in [-0.15, -0.1) is 0 Å². The fourth-order valence-corrected chi connectivity index (χ4v) is 5.92. The Morgan fingerprint density at radius 3 is 1.64 bits per heavy atom. The van der Waals surface area contributed by atoms with Gasteiger partial charge >= 0.3 is 17.9 Å². The molecule has 3 N–H and O–H groups in total. The molecule has 1 aromatic carbocycles. The molecule has 0 spiro atoms. The maximum Gasteiger partial charge on any atom is 0.317 e. The predicted molar refractivity (Wildman–Crippen MR) is 174 cm³/mol. The van der Waals surface area contributed by atoms with Crippen molar-refractivity contribution in [1.82, 2.24) is 34.4 Å². The Hall–Kier alpha value is -3.89. The molecule has 0 atom stereocenters. The number of carbonyl (C=O) groups excluding carboxylic acids is 1. The minimum absolute atomic E-state index is 0.00641. The molecule has 258 valence electrons. The lowest BCUT2D eigenvalue weighted by atomic mass is 10.2. The highest BCUT2D eigenvalue weighted by molar-refractivity contribution is 5.80. The number of rotatable bonds is 13. The number of nitrogens with zero attached hydrogens (tertiary/aromatic N) is 7. The molecule has 0 aliphatic carbocycles. The van der Waals surface area contributed by atoms with E-state index in [0.717, 1.165) is 42.7 Å². The number of aromatic nitrogens is 1. The van der Waals surface area contributed by atoms with Gasteiger partial charge in [-0.05, 0) is 30.7 Å². The molecule has 15 heteroatoms. The van der Waals surface area contributed by atoms with Gasteiger partial charge in [-0.1, -0.05) is 6.07 Å². The second-order valence-electron chi connectivity index (χ2n) is 12.1. The molecule has 2 fully saturated rings. The molecule has 0 radical (unpaired) electrons. The summed E-state index contributed by atoms with van der Waals surface area (Å²) < 4.78 is 5.96. The lowest BCUT2D eigenvalue weighted by Gasteiger charge is -2.37. The quantitative estimate of drug-likeness (QED) is 0.238. The molecular formula is C32H47N7O8. The molecule has 3 heterocycles. The maximum atomic E-state index is 13.4. The number of carbonyl (C=O) groups is 4. The molecule has 2 aliphatic rings. The van der Waals surface area contributed by atoms with Crippen molar-refractivity contribution in [3.63, 3.8) is 0 Å². The Balaban J connectivity index is 1.25. The largest absolute Gasteiger partial charge is 0.494 e. The first kappa shape index (κ1) is 36.0. The van der Waals surface area contributed by atoms with Crippen LogP contribution in [0.3, 0.4) is 0 Å². The summed E-state index contributed by atoms with van der Waals surface area (Å²) >= 11 is 0. The maximum absolute atomic E-state index is 13.4. The second kappa shape index (κ2) is 18.4. The summed E-state index contributed by atoms with van der Waals surface area (Å²) in [5.74, 6) is -2.14. The van der Waals surface area contributed by atoms with E-state index in [9.17, 15) is 34.5 Å². The molecular weight excluding hydrogens is 610 g/mol. The number of benzene rings is 1. The molecule has 0 unspecified atom stereocenters. The van der Waals surface area contributed by atoms with E-state index in [2.05, 4.69) is 9.88 Å². The summed E-state index contributed by atoms with van der Waals surface area (Å²) in [5.41, 5.74) is 0.932. The van der Waals surface area contributed by atoms with Crippen molar-refractivity contribution in [3.05, 3.63) is 36.5 Å². The first-order valence-corrected chi connectivity index (χ1v) is 16.2. The number of amides is 1. The van der Waals surface area contributed by atoms with E-state index in [4.69, 9.17) is 4.74 Å². The zero-order valence-corrected chi connectivity index (χ0v) is 26.9. The van der Waals surface area contributed by atoms with Gasteiger partial charge in [0, 0.05) is 96.7 Å². The van der Waals surface area contributed by atoms with Crippen molar-refractivity contribution in [3.8, 4) is 5.75 Å². The van der Waals surface area contributed by atoms with Gasteiger partial charge in [-0.2, -0.15) is 0 Å². The number of aliphatic carboxylic acids is 3. The molecule has 1 amide bonds. The van der Waals surface area contributed by atoms with Crippen LogP contribution in [-0.4, -0.2) is 191 Å². The minimum atomic E-state index is -0.999. The molecule has 0 bridgehead atoms. The first-order valence-electron chi connectivity index (χ1n) is 16.2. The summed E-state index contributed by atoms with van der Waals surface area (Å²) in [6, 6.07) is 9.79. The van der Waals surface area contributed by atoms with Crippen molar-refractivity contribution in [2.75, 3.05) is 118 Å².